The summed E-state index contributed by atoms with van der Waals surface area (Å²) in [6.07, 6.45) is -4.64. The van der Waals surface area contributed by atoms with E-state index in [4.69, 9.17) is 22.6 Å². The quantitative estimate of drug-likeness (QED) is 0.683. The first kappa shape index (κ1) is 10.6. The molecule has 0 amide bonds. The third kappa shape index (κ3) is 1.88. The number of nitrogen functional groups attached to an aromatic ring is 1. The fourth-order valence-corrected chi connectivity index (χ4v) is 1.04. The Morgan fingerprint density at radius 3 is 2.50 bits per heavy atom. The van der Waals surface area contributed by atoms with Crippen LogP contribution in [-0.2, 0) is 6.18 Å². The van der Waals surface area contributed by atoms with Crippen molar-refractivity contribution >= 4 is 17.3 Å². The van der Waals surface area contributed by atoms with E-state index in [1.54, 1.807) is 0 Å². The Balaban J connectivity index is 3.47. The van der Waals surface area contributed by atoms with E-state index < -0.39 is 28.3 Å². The molecule has 0 radical (unpaired) electrons. The summed E-state index contributed by atoms with van der Waals surface area (Å²) >= 11 is 5.29. The summed E-state index contributed by atoms with van der Waals surface area (Å²) in [6.45, 7) is 0. The van der Waals surface area contributed by atoms with Crippen molar-refractivity contribution in [3.8, 4) is 6.07 Å². The predicted octanol–water partition coefficient (Wildman–Crippen LogP) is 2.21. The normalized spacial score (nSPS) is 11.1. The molecule has 1 rings (SSSR count). The van der Waals surface area contributed by atoms with Crippen molar-refractivity contribution in [3.05, 3.63) is 22.5 Å². The Labute approximate surface area is 81.9 Å². The highest BCUT2D eigenvalue weighted by atomic mass is 35.5. The van der Waals surface area contributed by atoms with Gasteiger partial charge in [-0.1, -0.05) is 11.6 Å². The predicted molar refractivity (Wildman–Crippen MR) is 43.4 cm³/mol. The lowest BCUT2D eigenvalue weighted by molar-refractivity contribution is -0.137. The van der Waals surface area contributed by atoms with Crippen LogP contribution in [0, 0.1) is 11.3 Å². The summed E-state index contributed by atoms with van der Waals surface area (Å²) in [5.74, 6) is 0. The van der Waals surface area contributed by atoms with E-state index in [-0.39, 0.29) is 0 Å². The fraction of sp³-hybridized carbons (Fsp3) is 0.143. The number of rotatable bonds is 0. The van der Waals surface area contributed by atoms with E-state index in [0.717, 1.165) is 0 Å². The third-order valence-electron chi connectivity index (χ3n) is 1.44. The van der Waals surface area contributed by atoms with Gasteiger partial charge in [-0.2, -0.15) is 18.4 Å². The molecule has 1 aromatic heterocycles. The molecule has 0 unspecified atom stereocenters. The molecule has 0 spiro atoms. The van der Waals surface area contributed by atoms with Crippen molar-refractivity contribution in [1.82, 2.24) is 4.98 Å². The van der Waals surface area contributed by atoms with Gasteiger partial charge in [-0.15, -0.1) is 0 Å². The molecule has 0 fully saturated rings. The van der Waals surface area contributed by atoms with Gasteiger partial charge in [-0.05, 0) is 6.07 Å². The molecule has 7 heteroatoms. The number of nitrogens with two attached hydrogens (primary N) is 1. The summed E-state index contributed by atoms with van der Waals surface area (Å²) in [5, 5.41) is 8.00. The molecule has 0 aliphatic carbocycles. The van der Waals surface area contributed by atoms with Crippen molar-refractivity contribution in [3.63, 3.8) is 0 Å². The molecule has 0 aromatic carbocycles. The second kappa shape index (κ2) is 3.35. The van der Waals surface area contributed by atoms with E-state index in [1.165, 1.54) is 6.07 Å². The molecule has 74 valence electrons. The smallest absolute Gasteiger partial charge is 0.396 e. The second-order valence-corrected chi connectivity index (χ2v) is 2.75. The minimum Gasteiger partial charge on any atom is -0.396 e. The van der Waals surface area contributed by atoms with Gasteiger partial charge in [-0.25, -0.2) is 4.98 Å². The Kier molecular flexibility index (Phi) is 2.53. The molecule has 1 heterocycles. The average molecular weight is 222 g/mol. The van der Waals surface area contributed by atoms with Gasteiger partial charge < -0.3 is 5.73 Å². The molecule has 0 saturated heterocycles. The van der Waals surface area contributed by atoms with Crippen LogP contribution in [0.25, 0.3) is 0 Å². The molecule has 0 atom stereocenters. The van der Waals surface area contributed by atoms with Crippen molar-refractivity contribution in [2.75, 3.05) is 5.73 Å². The minimum atomic E-state index is -4.64. The van der Waals surface area contributed by atoms with Gasteiger partial charge in [-0.3, -0.25) is 0 Å². The number of nitrogens with zero attached hydrogens (tertiary/aromatic N) is 2. The van der Waals surface area contributed by atoms with E-state index in [0.29, 0.717) is 6.07 Å². The Bertz CT molecular complexity index is 408. The van der Waals surface area contributed by atoms with Crippen LogP contribution < -0.4 is 5.73 Å². The Morgan fingerprint density at radius 2 is 2.07 bits per heavy atom. The molecule has 1 aromatic rings. The molecular formula is C7H3ClF3N3. The summed E-state index contributed by atoms with van der Waals surface area (Å²) in [7, 11) is 0. The van der Waals surface area contributed by atoms with Gasteiger partial charge in [0.15, 0.2) is 5.69 Å². The fourth-order valence-electron chi connectivity index (χ4n) is 0.843. The van der Waals surface area contributed by atoms with Crippen LogP contribution in [0.1, 0.15) is 11.3 Å². The lowest BCUT2D eigenvalue weighted by Crippen LogP contribution is -2.11. The highest BCUT2D eigenvalue weighted by molar-refractivity contribution is 6.29. The maximum Gasteiger partial charge on any atom is 0.418 e. The standard InChI is InChI=1S/C7H3ClF3N3/c8-5-1-3(7(9,10)11)6(13)4(2-12)14-5/h1H,13H2. The molecule has 0 saturated carbocycles. The molecule has 14 heavy (non-hydrogen) atoms. The molecule has 2 N–H and O–H groups in total. The lowest BCUT2D eigenvalue weighted by atomic mass is 10.2. The topological polar surface area (TPSA) is 62.7 Å². The molecule has 0 aliphatic heterocycles. The van der Waals surface area contributed by atoms with Crippen LogP contribution in [0.3, 0.4) is 0 Å². The first-order valence-corrected chi connectivity index (χ1v) is 3.67. The maximum atomic E-state index is 12.3. The van der Waals surface area contributed by atoms with Crippen LogP contribution in [0.15, 0.2) is 6.07 Å². The number of hydrogen-bond acceptors (Lipinski definition) is 3. The Morgan fingerprint density at radius 1 is 1.50 bits per heavy atom. The summed E-state index contributed by atoms with van der Waals surface area (Å²) in [5.41, 5.74) is 2.71. The van der Waals surface area contributed by atoms with E-state index in [1.807, 2.05) is 0 Å². The highest BCUT2D eigenvalue weighted by Gasteiger charge is 2.34. The highest BCUT2D eigenvalue weighted by Crippen LogP contribution is 2.35. The molecule has 3 nitrogen and oxygen atoms in total. The number of pyridine rings is 1. The number of halogens is 4. The summed E-state index contributed by atoms with van der Waals surface area (Å²) < 4.78 is 36.8. The zero-order chi connectivity index (χ0) is 10.9. The van der Waals surface area contributed by atoms with Crippen molar-refractivity contribution in [1.29, 1.82) is 5.26 Å². The van der Waals surface area contributed by atoms with Gasteiger partial charge in [0.05, 0.1) is 11.3 Å². The van der Waals surface area contributed by atoms with Crippen LogP contribution in [0.5, 0.6) is 0 Å². The number of hydrogen-bond donors (Lipinski definition) is 1. The first-order chi connectivity index (χ1) is 6.36. The van der Waals surface area contributed by atoms with Crippen molar-refractivity contribution < 1.29 is 13.2 Å². The van der Waals surface area contributed by atoms with Gasteiger partial charge >= 0.3 is 6.18 Å². The maximum absolute atomic E-state index is 12.3. The summed E-state index contributed by atoms with van der Waals surface area (Å²) in [4.78, 5) is 3.34. The van der Waals surface area contributed by atoms with Crippen molar-refractivity contribution in [2.24, 2.45) is 0 Å². The lowest BCUT2D eigenvalue weighted by Gasteiger charge is -2.10. The zero-order valence-electron chi connectivity index (χ0n) is 6.56. The molecule has 0 aliphatic rings. The summed E-state index contributed by atoms with van der Waals surface area (Å²) in [6, 6.07) is 2.01. The second-order valence-electron chi connectivity index (χ2n) is 2.36. The van der Waals surface area contributed by atoms with Crippen LogP contribution in [-0.4, -0.2) is 4.98 Å². The van der Waals surface area contributed by atoms with E-state index in [9.17, 15) is 13.2 Å². The van der Waals surface area contributed by atoms with Crippen LogP contribution in [0.2, 0.25) is 5.15 Å². The van der Waals surface area contributed by atoms with Gasteiger partial charge in [0, 0.05) is 0 Å². The monoisotopic (exact) mass is 221 g/mol. The SMILES string of the molecule is N#Cc1nc(Cl)cc(C(F)(F)F)c1N. The van der Waals surface area contributed by atoms with Crippen LogP contribution in [0.4, 0.5) is 18.9 Å². The van der Waals surface area contributed by atoms with Gasteiger partial charge in [0.1, 0.15) is 11.2 Å². The molecular weight excluding hydrogens is 219 g/mol. The van der Waals surface area contributed by atoms with Crippen LogP contribution >= 0.6 is 11.6 Å². The largest absolute Gasteiger partial charge is 0.418 e. The van der Waals surface area contributed by atoms with Gasteiger partial charge in [0.2, 0.25) is 0 Å². The van der Waals surface area contributed by atoms with Crippen molar-refractivity contribution in [2.45, 2.75) is 6.18 Å². The van der Waals surface area contributed by atoms with E-state index in [2.05, 4.69) is 4.98 Å². The first-order valence-electron chi connectivity index (χ1n) is 3.29. The van der Waals surface area contributed by atoms with Gasteiger partial charge in [0.25, 0.3) is 0 Å². The average Bonchev–Trinajstić information content (AvgIpc) is 2.06. The number of nitriles is 1. The number of anilines is 1. The number of aromatic nitrogens is 1. The third-order valence-corrected chi connectivity index (χ3v) is 1.63. The van der Waals surface area contributed by atoms with E-state index >= 15 is 0 Å². The Hall–Kier alpha value is -1.48. The zero-order valence-corrected chi connectivity index (χ0v) is 7.32. The molecule has 0 bridgehead atoms. The minimum absolute atomic E-state index is 0.414. The number of alkyl halides is 3.